The van der Waals surface area contributed by atoms with E-state index < -0.39 is 29.7 Å². The molecule has 2 unspecified atom stereocenters. The first-order valence-electron chi connectivity index (χ1n) is 6.53. The van der Waals surface area contributed by atoms with E-state index in [2.05, 4.69) is 5.32 Å². The van der Waals surface area contributed by atoms with Crippen LogP contribution in [0.5, 0.6) is 0 Å². The van der Waals surface area contributed by atoms with Crippen molar-refractivity contribution in [2.75, 3.05) is 0 Å². The van der Waals surface area contributed by atoms with Gasteiger partial charge in [-0.15, -0.1) is 0 Å². The Morgan fingerprint density at radius 1 is 1.35 bits per heavy atom. The Bertz CT molecular complexity index is 536. The van der Waals surface area contributed by atoms with Crippen molar-refractivity contribution < 1.29 is 18.7 Å². The molecule has 1 aromatic rings. The first kappa shape index (κ1) is 14.5. The van der Waals surface area contributed by atoms with Crippen LogP contribution in [0.1, 0.15) is 38.1 Å². The summed E-state index contributed by atoms with van der Waals surface area (Å²) < 4.78 is 19.2. The molecule has 1 aromatic carbocycles. The minimum Gasteiger partial charge on any atom is -0.444 e. The fraction of sp³-hybridized carbons (Fsp3) is 0.467. The normalized spacial score (nSPS) is 22.1. The van der Waals surface area contributed by atoms with Crippen molar-refractivity contribution in [1.29, 1.82) is 0 Å². The zero-order chi connectivity index (χ0) is 14.9. The third kappa shape index (κ3) is 3.15. The van der Waals surface area contributed by atoms with Crippen LogP contribution in [0.3, 0.4) is 0 Å². The number of halogens is 1. The number of fused-ring (bicyclic) bond motifs is 1. The van der Waals surface area contributed by atoms with Crippen LogP contribution in [0.15, 0.2) is 24.3 Å². The van der Waals surface area contributed by atoms with E-state index >= 15 is 0 Å². The molecule has 0 aliphatic heterocycles. The van der Waals surface area contributed by atoms with Gasteiger partial charge < -0.3 is 10.1 Å². The number of nitrogens with one attached hydrogen (secondary N) is 1. The lowest BCUT2D eigenvalue weighted by molar-refractivity contribution is -0.126. The highest BCUT2D eigenvalue weighted by atomic mass is 19.1. The molecular weight excluding hydrogens is 261 g/mol. The van der Waals surface area contributed by atoms with Gasteiger partial charge in [-0.25, -0.2) is 9.18 Å². The van der Waals surface area contributed by atoms with Gasteiger partial charge in [-0.1, -0.05) is 24.3 Å². The van der Waals surface area contributed by atoms with Gasteiger partial charge in [-0.2, -0.15) is 0 Å². The van der Waals surface area contributed by atoms with E-state index in [0.29, 0.717) is 5.56 Å². The highest BCUT2D eigenvalue weighted by Crippen LogP contribution is 2.30. The Hall–Kier alpha value is -1.91. The Morgan fingerprint density at radius 2 is 2.00 bits per heavy atom. The average Bonchev–Trinajstić information content (AvgIpc) is 2.33. The van der Waals surface area contributed by atoms with Gasteiger partial charge in [0.15, 0.2) is 12.0 Å². The number of hydrogen-bond donors (Lipinski definition) is 1. The number of ketones is 1. The van der Waals surface area contributed by atoms with Gasteiger partial charge in [0.05, 0.1) is 6.04 Å². The van der Waals surface area contributed by atoms with Crippen LogP contribution in [-0.4, -0.2) is 23.5 Å². The minimum atomic E-state index is -1.69. The summed E-state index contributed by atoms with van der Waals surface area (Å²) in [4.78, 5) is 23.6. The minimum absolute atomic E-state index is 0.286. The van der Waals surface area contributed by atoms with Gasteiger partial charge in [0.2, 0.25) is 0 Å². The quantitative estimate of drug-likeness (QED) is 0.860. The maximum atomic E-state index is 14.1. The molecule has 0 fully saturated rings. The van der Waals surface area contributed by atoms with E-state index in [9.17, 15) is 14.0 Å². The standard InChI is InChI=1S/C15H18FNO3/c1-15(2,3)20-14(19)17-11-8-9-6-4-5-7-10(9)12(16)13(11)18/h4-7,11-12H,8H2,1-3H3,(H,17,19). The summed E-state index contributed by atoms with van der Waals surface area (Å²) in [7, 11) is 0. The molecule has 2 atom stereocenters. The molecule has 0 aromatic heterocycles. The van der Waals surface area contributed by atoms with Gasteiger partial charge in [0.1, 0.15) is 5.60 Å². The van der Waals surface area contributed by atoms with Crippen LogP contribution in [0.4, 0.5) is 9.18 Å². The van der Waals surface area contributed by atoms with E-state index in [1.54, 1.807) is 45.0 Å². The second-order valence-electron chi connectivity index (χ2n) is 5.87. The Kier molecular flexibility index (Phi) is 3.79. The number of hydrogen-bond acceptors (Lipinski definition) is 3. The number of amides is 1. The smallest absolute Gasteiger partial charge is 0.408 e. The first-order valence-corrected chi connectivity index (χ1v) is 6.53. The molecule has 108 valence electrons. The van der Waals surface area contributed by atoms with Crippen molar-refractivity contribution in [3.05, 3.63) is 35.4 Å². The summed E-state index contributed by atoms with van der Waals surface area (Å²) in [6.07, 6.45) is -2.11. The molecule has 5 heteroatoms. The van der Waals surface area contributed by atoms with E-state index in [1.807, 2.05) is 0 Å². The highest BCUT2D eigenvalue weighted by molar-refractivity contribution is 5.93. The third-order valence-corrected chi connectivity index (χ3v) is 3.04. The van der Waals surface area contributed by atoms with Crippen LogP contribution < -0.4 is 5.32 Å². The molecule has 0 saturated heterocycles. The molecule has 2 rings (SSSR count). The fourth-order valence-corrected chi connectivity index (χ4v) is 2.19. The van der Waals surface area contributed by atoms with Crippen LogP contribution in [0.25, 0.3) is 0 Å². The van der Waals surface area contributed by atoms with E-state index in [4.69, 9.17) is 4.74 Å². The number of alkyl carbamates (subject to hydrolysis) is 1. The van der Waals surface area contributed by atoms with E-state index in [0.717, 1.165) is 5.56 Å². The molecule has 1 amide bonds. The van der Waals surface area contributed by atoms with Gasteiger partial charge >= 0.3 is 6.09 Å². The lowest BCUT2D eigenvalue weighted by Crippen LogP contribution is -2.47. The Balaban J connectivity index is 2.12. The van der Waals surface area contributed by atoms with Crippen molar-refractivity contribution in [2.45, 2.75) is 45.0 Å². The predicted molar refractivity (Wildman–Crippen MR) is 72.2 cm³/mol. The van der Waals surface area contributed by atoms with Crippen LogP contribution >= 0.6 is 0 Å². The molecule has 0 heterocycles. The maximum absolute atomic E-state index is 14.1. The number of benzene rings is 1. The van der Waals surface area contributed by atoms with Crippen molar-refractivity contribution in [2.24, 2.45) is 0 Å². The van der Waals surface area contributed by atoms with Crippen molar-refractivity contribution in [1.82, 2.24) is 5.32 Å². The summed E-state index contributed by atoms with van der Waals surface area (Å²) in [6.45, 7) is 5.17. The zero-order valence-electron chi connectivity index (χ0n) is 11.8. The summed E-state index contributed by atoms with van der Waals surface area (Å²) in [5, 5.41) is 2.45. The van der Waals surface area contributed by atoms with Crippen LogP contribution in [0.2, 0.25) is 0 Å². The van der Waals surface area contributed by atoms with E-state index in [1.165, 1.54) is 0 Å². The van der Waals surface area contributed by atoms with Crippen molar-refractivity contribution >= 4 is 11.9 Å². The molecule has 0 saturated carbocycles. The number of Topliss-reactive ketones (excluding diaryl/α,β-unsaturated/α-hetero) is 1. The van der Waals surface area contributed by atoms with Gasteiger partial charge in [0.25, 0.3) is 0 Å². The number of rotatable bonds is 1. The molecule has 1 aliphatic rings. The largest absolute Gasteiger partial charge is 0.444 e. The SMILES string of the molecule is CC(C)(C)OC(=O)NC1Cc2ccccc2C(F)C1=O. The van der Waals surface area contributed by atoms with Gasteiger partial charge in [0, 0.05) is 6.42 Å². The third-order valence-electron chi connectivity index (χ3n) is 3.04. The summed E-state index contributed by atoms with van der Waals surface area (Å²) in [6, 6.07) is 5.96. The number of ether oxygens (including phenoxy) is 1. The Labute approximate surface area is 117 Å². The van der Waals surface area contributed by atoms with Crippen LogP contribution in [0, 0.1) is 0 Å². The highest BCUT2D eigenvalue weighted by Gasteiger charge is 2.36. The maximum Gasteiger partial charge on any atom is 0.408 e. The molecule has 0 radical (unpaired) electrons. The summed E-state index contributed by atoms with van der Waals surface area (Å²) >= 11 is 0. The molecular formula is C15H18FNO3. The molecule has 1 N–H and O–H groups in total. The fourth-order valence-electron chi connectivity index (χ4n) is 2.19. The molecule has 1 aliphatic carbocycles. The number of carbonyl (C=O) groups is 2. The first-order chi connectivity index (χ1) is 9.28. The van der Waals surface area contributed by atoms with Gasteiger partial charge in [-0.3, -0.25) is 4.79 Å². The molecule has 4 nitrogen and oxygen atoms in total. The second kappa shape index (κ2) is 5.23. The average molecular weight is 279 g/mol. The number of carbonyl (C=O) groups excluding carboxylic acids is 2. The summed E-state index contributed by atoms with van der Waals surface area (Å²) in [5.41, 5.74) is 0.467. The Morgan fingerprint density at radius 3 is 2.65 bits per heavy atom. The lowest BCUT2D eigenvalue weighted by Gasteiger charge is -2.28. The van der Waals surface area contributed by atoms with E-state index in [-0.39, 0.29) is 6.42 Å². The van der Waals surface area contributed by atoms with Gasteiger partial charge in [-0.05, 0) is 31.9 Å². The second-order valence-corrected chi connectivity index (χ2v) is 5.87. The zero-order valence-corrected chi connectivity index (χ0v) is 11.8. The molecule has 0 spiro atoms. The van der Waals surface area contributed by atoms with Crippen molar-refractivity contribution in [3.63, 3.8) is 0 Å². The van der Waals surface area contributed by atoms with Crippen LogP contribution in [-0.2, 0) is 16.0 Å². The number of alkyl halides is 1. The predicted octanol–water partition coefficient (Wildman–Crippen LogP) is 2.72. The monoisotopic (exact) mass is 279 g/mol. The molecule has 0 bridgehead atoms. The topological polar surface area (TPSA) is 55.4 Å². The van der Waals surface area contributed by atoms with Crippen molar-refractivity contribution in [3.8, 4) is 0 Å². The molecule has 20 heavy (non-hydrogen) atoms. The summed E-state index contributed by atoms with van der Waals surface area (Å²) in [5.74, 6) is -0.630. The lowest BCUT2D eigenvalue weighted by atomic mass is 9.86.